The fraction of sp³-hybridized carbons (Fsp3) is 0. The monoisotopic (exact) mass is 268 g/mol. The molecule has 2 heterocycles. The number of hydrogen-bond donors (Lipinski definition) is 2. The van der Waals surface area contributed by atoms with Gasteiger partial charge >= 0.3 is 0 Å². The van der Waals surface area contributed by atoms with Gasteiger partial charge in [0.2, 0.25) is 5.43 Å². The van der Waals surface area contributed by atoms with E-state index in [1.807, 2.05) is 30.3 Å². The molecule has 4 rings (SSSR count). The SMILES string of the molecule is O=c1[nH]sc2[nH]c3c(ccc4ccccc43)c(=O)c12. The molecular weight excluding hydrogens is 260 g/mol. The third-order valence-electron chi connectivity index (χ3n) is 3.34. The lowest BCUT2D eigenvalue weighted by Crippen LogP contribution is -2.11. The molecule has 0 aliphatic carbocycles. The molecule has 0 fully saturated rings. The van der Waals surface area contributed by atoms with Crippen molar-refractivity contribution >= 4 is 43.4 Å². The molecule has 0 atom stereocenters. The van der Waals surface area contributed by atoms with Gasteiger partial charge in [-0.15, -0.1) is 0 Å². The zero-order chi connectivity index (χ0) is 13.0. The van der Waals surface area contributed by atoms with Crippen molar-refractivity contribution in [3.8, 4) is 0 Å². The van der Waals surface area contributed by atoms with Gasteiger partial charge in [-0.3, -0.25) is 14.0 Å². The highest BCUT2D eigenvalue weighted by Gasteiger charge is 2.12. The van der Waals surface area contributed by atoms with Crippen LogP contribution in [0.2, 0.25) is 0 Å². The van der Waals surface area contributed by atoms with Crippen molar-refractivity contribution in [2.24, 2.45) is 0 Å². The Balaban J connectivity index is 2.40. The summed E-state index contributed by atoms with van der Waals surface area (Å²) in [6, 6.07) is 11.5. The van der Waals surface area contributed by atoms with Crippen molar-refractivity contribution in [3.05, 3.63) is 57.0 Å². The van der Waals surface area contributed by atoms with E-state index in [9.17, 15) is 9.59 Å². The third-order valence-corrected chi connectivity index (χ3v) is 4.14. The second-order valence-corrected chi connectivity index (χ2v) is 5.22. The number of rotatable bonds is 0. The lowest BCUT2D eigenvalue weighted by atomic mass is 10.1. The molecule has 0 amide bonds. The van der Waals surface area contributed by atoms with E-state index in [2.05, 4.69) is 9.36 Å². The summed E-state index contributed by atoms with van der Waals surface area (Å²) < 4.78 is 2.60. The van der Waals surface area contributed by atoms with Crippen LogP contribution in [0.5, 0.6) is 0 Å². The van der Waals surface area contributed by atoms with Crippen LogP contribution in [-0.4, -0.2) is 9.36 Å². The lowest BCUT2D eigenvalue weighted by molar-refractivity contribution is 1.45. The van der Waals surface area contributed by atoms with Crippen molar-refractivity contribution < 1.29 is 0 Å². The number of nitrogens with one attached hydrogen (secondary N) is 2. The van der Waals surface area contributed by atoms with Gasteiger partial charge in [-0.2, -0.15) is 0 Å². The molecule has 4 aromatic rings. The van der Waals surface area contributed by atoms with Gasteiger partial charge in [-0.05, 0) is 23.0 Å². The fourth-order valence-electron chi connectivity index (χ4n) is 2.44. The van der Waals surface area contributed by atoms with Crippen LogP contribution < -0.4 is 11.0 Å². The van der Waals surface area contributed by atoms with Crippen LogP contribution in [0.15, 0.2) is 46.0 Å². The van der Waals surface area contributed by atoms with Crippen molar-refractivity contribution in [1.29, 1.82) is 0 Å². The smallest absolute Gasteiger partial charge is 0.271 e. The standard InChI is InChI=1S/C14H8N2O2S/c17-12-9-6-5-7-3-1-2-4-8(7)11(9)15-14-10(12)13(18)16-19-14/h1-6H,(H,15,17)(H,16,18). The van der Waals surface area contributed by atoms with Gasteiger partial charge in [0.15, 0.2) is 0 Å². The molecule has 0 saturated heterocycles. The van der Waals surface area contributed by atoms with Gasteiger partial charge in [0.1, 0.15) is 10.2 Å². The summed E-state index contributed by atoms with van der Waals surface area (Å²) in [7, 11) is 0. The second-order valence-electron chi connectivity index (χ2n) is 4.40. The Bertz CT molecular complexity index is 1060. The maximum Gasteiger partial charge on any atom is 0.271 e. The van der Waals surface area contributed by atoms with E-state index in [0.29, 0.717) is 10.2 Å². The highest BCUT2D eigenvalue weighted by Crippen LogP contribution is 2.23. The van der Waals surface area contributed by atoms with Crippen LogP contribution in [0.1, 0.15) is 0 Å². The molecule has 0 aliphatic rings. The second kappa shape index (κ2) is 3.55. The maximum atomic E-state index is 12.4. The number of pyridine rings is 1. The fourth-order valence-corrected chi connectivity index (χ4v) is 3.18. The molecule has 0 spiro atoms. The van der Waals surface area contributed by atoms with Crippen LogP contribution in [0.3, 0.4) is 0 Å². The molecule has 2 aromatic heterocycles. The van der Waals surface area contributed by atoms with Gasteiger partial charge in [-0.25, -0.2) is 0 Å². The number of fused-ring (bicyclic) bond motifs is 4. The van der Waals surface area contributed by atoms with E-state index in [1.165, 1.54) is 0 Å². The maximum absolute atomic E-state index is 12.4. The minimum atomic E-state index is -0.323. The summed E-state index contributed by atoms with van der Waals surface area (Å²) in [5, 5.41) is 2.82. The van der Waals surface area contributed by atoms with Gasteiger partial charge in [0, 0.05) is 10.8 Å². The number of hydrogen-bond acceptors (Lipinski definition) is 3. The zero-order valence-electron chi connectivity index (χ0n) is 9.69. The van der Waals surface area contributed by atoms with E-state index in [1.54, 1.807) is 6.07 Å². The molecule has 92 valence electrons. The minimum Gasteiger partial charge on any atom is -0.344 e. The van der Waals surface area contributed by atoms with E-state index in [4.69, 9.17) is 0 Å². The molecule has 5 heteroatoms. The van der Waals surface area contributed by atoms with Crippen LogP contribution in [0.25, 0.3) is 31.9 Å². The summed E-state index contributed by atoms with van der Waals surface area (Å²) >= 11 is 1.16. The summed E-state index contributed by atoms with van der Waals surface area (Å²) in [5.74, 6) is 0. The molecule has 0 unspecified atom stereocenters. The average molecular weight is 268 g/mol. The Hall–Kier alpha value is -2.40. The average Bonchev–Trinajstić information content (AvgIpc) is 2.81. The quantitative estimate of drug-likeness (QED) is 0.481. The largest absolute Gasteiger partial charge is 0.344 e. The normalized spacial score (nSPS) is 11.6. The van der Waals surface area contributed by atoms with Gasteiger partial charge in [0.05, 0.1) is 5.52 Å². The molecule has 0 radical (unpaired) electrons. The Morgan fingerprint density at radius 1 is 0.947 bits per heavy atom. The zero-order valence-corrected chi connectivity index (χ0v) is 10.5. The molecular formula is C14H8N2O2S. The van der Waals surface area contributed by atoms with Crippen LogP contribution in [-0.2, 0) is 0 Å². The number of H-pyrrole nitrogens is 2. The molecule has 19 heavy (non-hydrogen) atoms. The molecule has 2 N–H and O–H groups in total. The Labute approximate surface area is 110 Å². The lowest BCUT2D eigenvalue weighted by Gasteiger charge is -2.03. The van der Waals surface area contributed by atoms with E-state index in [-0.39, 0.29) is 16.4 Å². The summed E-state index contributed by atoms with van der Waals surface area (Å²) in [6.07, 6.45) is 0. The predicted molar refractivity (Wildman–Crippen MR) is 78.1 cm³/mol. The van der Waals surface area contributed by atoms with Gasteiger partial charge in [0.25, 0.3) is 5.56 Å². The van der Waals surface area contributed by atoms with Crippen molar-refractivity contribution in [3.63, 3.8) is 0 Å². The van der Waals surface area contributed by atoms with Crippen molar-refractivity contribution in [2.75, 3.05) is 0 Å². The summed E-state index contributed by atoms with van der Waals surface area (Å²) in [6.45, 7) is 0. The van der Waals surface area contributed by atoms with Crippen LogP contribution >= 0.6 is 11.5 Å². The van der Waals surface area contributed by atoms with E-state index < -0.39 is 0 Å². The van der Waals surface area contributed by atoms with Crippen LogP contribution in [0.4, 0.5) is 0 Å². The topological polar surface area (TPSA) is 65.7 Å². The van der Waals surface area contributed by atoms with Crippen molar-refractivity contribution in [2.45, 2.75) is 0 Å². The third kappa shape index (κ3) is 1.33. The van der Waals surface area contributed by atoms with Crippen LogP contribution in [0, 0.1) is 0 Å². The first-order valence-corrected chi connectivity index (χ1v) is 6.62. The first-order valence-electron chi connectivity index (χ1n) is 5.80. The number of aromatic nitrogens is 2. The first-order chi connectivity index (χ1) is 9.25. The van der Waals surface area contributed by atoms with Gasteiger partial charge in [-0.1, -0.05) is 30.3 Å². The highest BCUT2D eigenvalue weighted by atomic mass is 32.1. The Morgan fingerprint density at radius 3 is 2.68 bits per heavy atom. The predicted octanol–water partition coefficient (Wildman–Crippen LogP) is 2.58. The minimum absolute atomic E-state index is 0.211. The number of aromatic amines is 2. The highest BCUT2D eigenvalue weighted by molar-refractivity contribution is 7.12. The van der Waals surface area contributed by atoms with E-state index in [0.717, 1.165) is 27.8 Å². The molecule has 0 aliphatic heterocycles. The first kappa shape index (κ1) is 10.5. The summed E-state index contributed by atoms with van der Waals surface area (Å²) in [5.41, 5.74) is 0.249. The van der Waals surface area contributed by atoms with Crippen molar-refractivity contribution in [1.82, 2.24) is 9.36 Å². The molecule has 2 aromatic carbocycles. The molecule has 0 bridgehead atoms. The Morgan fingerprint density at radius 2 is 1.79 bits per heavy atom. The number of benzene rings is 2. The van der Waals surface area contributed by atoms with E-state index >= 15 is 0 Å². The van der Waals surface area contributed by atoms with Gasteiger partial charge < -0.3 is 4.98 Å². The Kier molecular flexibility index (Phi) is 1.97. The molecule has 4 nitrogen and oxygen atoms in total. The molecule has 0 saturated carbocycles. The summed E-state index contributed by atoms with van der Waals surface area (Å²) in [4.78, 5) is 27.8.